The summed E-state index contributed by atoms with van der Waals surface area (Å²) in [5.74, 6) is -3.40. The second-order valence-electron chi connectivity index (χ2n) is 25.8. The number of aliphatic carboxylic acids is 2. The normalized spacial score (nSPS) is 20.2. The summed E-state index contributed by atoms with van der Waals surface area (Å²) >= 11 is 10.7. The Bertz CT molecular complexity index is 4270. The second kappa shape index (κ2) is 30.5. The number of ether oxygens (including phenoxy) is 3. The van der Waals surface area contributed by atoms with Gasteiger partial charge in [-0.15, -0.1) is 0 Å². The van der Waals surface area contributed by atoms with Gasteiger partial charge >= 0.3 is 17.9 Å². The molecule has 6 aromatic rings. The Morgan fingerprint density at radius 2 is 1.53 bits per heavy atom. The molecule has 1 saturated heterocycles. The van der Waals surface area contributed by atoms with Crippen LogP contribution in [0.4, 0.5) is 22.7 Å². The van der Waals surface area contributed by atoms with Crippen LogP contribution in [0.15, 0.2) is 106 Å². The smallest absolute Gasteiger partial charge is 0.326 e. The van der Waals surface area contributed by atoms with E-state index in [9.17, 15) is 71.2 Å². The van der Waals surface area contributed by atoms with Crippen LogP contribution in [-0.4, -0.2) is 207 Å². The van der Waals surface area contributed by atoms with Crippen LogP contribution in [-0.2, 0) is 72.5 Å². The van der Waals surface area contributed by atoms with E-state index in [-0.39, 0.29) is 97.9 Å². The number of esters is 1. The highest BCUT2D eigenvalue weighted by Gasteiger charge is 2.47. The number of aliphatic hydroxyl groups excluding tert-OH is 4. The summed E-state index contributed by atoms with van der Waals surface area (Å²) in [6.07, 6.45) is 6.74. The monoisotopic (exact) mass is 1480 g/mol. The number of likely N-dealkylation sites (N-methyl/N-ethyl adjacent to an activating group) is 2. The van der Waals surface area contributed by atoms with E-state index in [0.29, 0.717) is 55.0 Å². The van der Waals surface area contributed by atoms with Gasteiger partial charge in [0, 0.05) is 110 Å². The van der Waals surface area contributed by atoms with Crippen molar-refractivity contribution < 1.29 is 90.0 Å². The van der Waals surface area contributed by atoms with E-state index in [4.69, 9.17) is 25.8 Å². The van der Waals surface area contributed by atoms with Crippen molar-refractivity contribution in [2.24, 2.45) is 0 Å². The number of carboxylic acid groups (broad SMARTS) is 2. The summed E-state index contributed by atoms with van der Waals surface area (Å²) in [6.45, 7) is 10.1. The Morgan fingerprint density at radius 3 is 2.16 bits per heavy atom. The van der Waals surface area contributed by atoms with E-state index >= 15 is 0 Å². The Balaban J connectivity index is 0.842. The number of anilines is 2. The summed E-state index contributed by atoms with van der Waals surface area (Å²) in [5, 5.41) is 67.7. The molecular formula is C65H83BrClN11O18S2+2. The minimum Gasteiger partial charge on any atom is -0.480 e. The number of aromatic amines is 3. The van der Waals surface area contributed by atoms with Gasteiger partial charge in [-0.25, -0.2) is 32.7 Å². The third-order valence-corrected chi connectivity index (χ3v) is 21.8. The number of imidazole rings is 2. The molecular weight excluding hydrogens is 1400 g/mol. The predicted octanol–water partition coefficient (Wildman–Crippen LogP) is 5.44. The quantitative estimate of drug-likeness (QED) is 0.00822. The number of carbonyl (C=O) groups excluding carboxylic acids is 2. The number of fused-ring (bicyclic) bond motifs is 3. The molecule has 33 heteroatoms. The molecule has 9 rings (SSSR count). The van der Waals surface area contributed by atoms with Gasteiger partial charge in [-0.3, -0.25) is 18.6 Å². The van der Waals surface area contributed by atoms with Crippen molar-refractivity contribution in [3.8, 4) is 5.75 Å². The third kappa shape index (κ3) is 16.2. The number of amides is 1. The maximum atomic E-state index is 14.0. The molecule has 530 valence electrons. The highest BCUT2D eigenvalue weighted by molar-refractivity contribution is 9.10. The van der Waals surface area contributed by atoms with Crippen LogP contribution in [0.1, 0.15) is 95.7 Å². The van der Waals surface area contributed by atoms with E-state index in [2.05, 4.69) is 65.7 Å². The molecule has 1 fully saturated rings. The van der Waals surface area contributed by atoms with Crippen LogP contribution in [0.2, 0.25) is 5.02 Å². The lowest BCUT2D eigenvalue weighted by Gasteiger charge is -2.39. The van der Waals surface area contributed by atoms with Gasteiger partial charge in [0.25, 0.3) is 10.1 Å². The zero-order chi connectivity index (χ0) is 71.4. The fraction of sp³-hybridized carbons (Fsp3) is 0.462. The van der Waals surface area contributed by atoms with Crippen molar-refractivity contribution >= 4 is 111 Å². The zero-order valence-electron chi connectivity index (χ0n) is 55.0. The Morgan fingerprint density at radius 1 is 0.867 bits per heavy atom. The number of halogens is 2. The molecule has 3 aliphatic rings. The fourth-order valence-electron chi connectivity index (χ4n) is 12.7. The first kappa shape index (κ1) is 74.6. The van der Waals surface area contributed by atoms with Crippen LogP contribution in [0.5, 0.6) is 5.75 Å². The molecule has 0 aliphatic carbocycles. The largest absolute Gasteiger partial charge is 0.480 e. The van der Waals surface area contributed by atoms with Crippen LogP contribution in [0, 0.1) is 0 Å². The summed E-state index contributed by atoms with van der Waals surface area (Å²) in [5.41, 5.74) is 5.19. The van der Waals surface area contributed by atoms with Gasteiger partial charge in [0.15, 0.2) is 11.4 Å². The molecule has 7 atom stereocenters. The standard InChI is InChI=1S/C65H81BrClN11O18S2/c1-8-76-44-20-18-38(28-40(44)64(2,3)48(76)14-12-15-49-65(4,5)41-29-39(98(91,92)93)19-21-45(41)77(49)23-11-9-10-16-50(80)74-42(61(85)86)26-36-30-68-34-71-36)97(89,90)73-22-13-17-51(81)94-25-24-78(6,7)57-53(66)54(67)52-46(95-63-60(84)59(83)58(82)47(33-79)96-63)32-70-55(52)56(57)75-43(62(87)88)27-37-31-69-35-72-37/h12,14-15,18-21,28-32,34-35,42-43,47,58-60,63,70,73,75,79,82-84H,8-11,13,16-17,22-27,33H2,1-7H3,(H4-2,68,69,71,72,74,80,85,86,87,88,91,92,93)/p+2/t42-,43?,47-,58+,59+,60+,63-/m1/s1. The van der Waals surface area contributed by atoms with Crippen molar-refractivity contribution in [1.82, 2.24) is 39.4 Å². The number of sulfonamides is 1. The minimum absolute atomic E-state index is 0.00151. The lowest BCUT2D eigenvalue weighted by atomic mass is 9.81. The lowest BCUT2D eigenvalue weighted by Crippen LogP contribution is -2.60. The molecule has 98 heavy (non-hydrogen) atoms. The number of quaternary nitrogens is 1. The summed E-state index contributed by atoms with van der Waals surface area (Å²) < 4.78 is 85.0. The Labute approximate surface area is 579 Å². The number of hydrogen-bond acceptors (Lipinski definition) is 19. The van der Waals surface area contributed by atoms with Crippen LogP contribution in [0.25, 0.3) is 10.9 Å². The predicted molar refractivity (Wildman–Crippen MR) is 366 cm³/mol. The van der Waals surface area contributed by atoms with Gasteiger partial charge < -0.3 is 75.3 Å². The van der Waals surface area contributed by atoms with E-state index in [1.54, 1.807) is 32.3 Å². The molecule has 13 N–H and O–H groups in total. The molecule has 0 saturated carbocycles. The number of nitrogens with zero attached hydrogens (tertiary/aromatic N) is 5. The number of allylic oxidation sites excluding steroid dienone is 4. The maximum Gasteiger partial charge on any atom is 0.326 e. The molecule has 3 aromatic heterocycles. The number of aromatic nitrogens is 5. The van der Waals surface area contributed by atoms with Gasteiger partial charge in [0.2, 0.25) is 27.9 Å². The highest BCUT2D eigenvalue weighted by Crippen LogP contribution is 2.52. The van der Waals surface area contributed by atoms with Crippen LogP contribution < -0.4 is 29.5 Å². The second-order valence-corrected chi connectivity index (χ2v) is 30.2. The summed E-state index contributed by atoms with van der Waals surface area (Å²) in [4.78, 5) is 69.6. The van der Waals surface area contributed by atoms with Crippen molar-refractivity contribution in [1.29, 1.82) is 0 Å². The molecule has 3 aliphatic heterocycles. The van der Waals surface area contributed by atoms with Crippen molar-refractivity contribution in [3.63, 3.8) is 0 Å². The number of unbranched alkanes of at least 4 members (excludes halogenated alkanes) is 2. The highest BCUT2D eigenvalue weighted by atomic mass is 79.9. The molecule has 0 radical (unpaired) electrons. The first-order valence-electron chi connectivity index (χ1n) is 31.7. The fourth-order valence-corrected chi connectivity index (χ4v) is 15.5. The summed E-state index contributed by atoms with van der Waals surface area (Å²) in [7, 11) is -5.10. The molecule has 0 spiro atoms. The SMILES string of the molecule is CCN1C(=CC=CC2=[N+](CCCCCC(=O)N[C@H](Cc3cnc[nH]3)C(=O)O)c3ccc(S(=O)(=O)O)cc3C2(C)C)C(C)(C)c2cc(S(=O)(=O)NCCCC(=O)OCC[N+](C)(C)c3c(Br)c(Cl)c4c(O[C@@H]5O[C@H](CO)[C@H](O)[C@H](O)[C@@H]5O)c[nH]c4c3NC(Cc3cnc[nH]3)C(=O)O)ccc21. The van der Waals surface area contributed by atoms with Crippen molar-refractivity contribution in [3.05, 3.63) is 124 Å². The number of nitrogens with one attached hydrogen (secondary N) is 6. The van der Waals surface area contributed by atoms with Gasteiger partial charge in [0.1, 0.15) is 72.1 Å². The van der Waals surface area contributed by atoms with Gasteiger partial charge in [-0.2, -0.15) is 13.0 Å². The van der Waals surface area contributed by atoms with E-state index in [1.165, 1.54) is 49.4 Å². The van der Waals surface area contributed by atoms with Gasteiger partial charge in [-0.1, -0.05) is 31.5 Å². The molecule has 1 amide bonds. The van der Waals surface area contributed by atoms with E-state index < -0.39 is 104 Å². The third-order valence-electron chi connectivity index (χ3n) is 18.1. The maximum absolute atomic E-state index is 14.0. The molecule has 3 aromatic carbocycles. The number of benzene rings is 3. The average Bonchev–Trinajstić information content (AvgIpc) is 1.50. The summed E-state index contributed by atoms with van der Waals surface area (Å²) in [6, 6.07) is 7.04. The van der Waals surface area contributed by atoms with E-state index in [1.807, 2.05) is 52.8 Å². The number of aliphatic hydroxyl groups is 4. The van der Waals surface area contributed by atoms with Crippen LogP contribution >= 0.6 is 27.5 Å². The molecule has 1 unspecified atom stereocenters. The van der Waals surface area contributed by atoms with E-state index in [0.717, 1.165) is 28.3 Å². The Hall–Kier alpha value is -7.60. The van der Waals surface area contributed by atoms with Gasteiger partial charge in [-0.05, 0) is 97.9 Å². The topological polar surface area (TPSA) is 421 Å². The molecule has 29 nitrogen and oxygen atoms in total. The van der Waals surface area contributed by atoms with Gasteiger partial charge in [0.05, 0.1) is 64.5 Å². The molecule has 6 heterocycles. The van der Waals surface area contributed by atoms with Crippen molar-refractivity contribution in [2.45, 2.75) is 149 Å². The number of hydrogen-bond donors (Lipinski definition) is 13. The minimum atomic E-state index is -4.54. The van der Waals surface area contributed by atoms with Crippen molar-refractivity contribution in [2.75, 3.05) is 63.7 Å². The average molecular weight is 1490 g/mol. The lowest BCUT2D eigenvalue weighted by molar-refractivity contribution is -0.438. The number of H-pyrrole nitrogens is 3. The first-order valence-corrected chi connectivity index (χ1v) is 35.8. The number of carboxylic acids is 2. The van der Waals surface area contributed by atoms with Crippen LogP contribution in [0.3, 0.4) is 0 Å². The number of rotatable bonds is 32. The first-order chi connectivity index (χ1) is 46.2. The Kier molecular flexibility index (Phi) is 23.2. The zero-order valence-corrected chi connectivity index (χ0v) is 58.9. The molecule has 0 bridgehead atoms. The number of carbonyl (C=O) groups is 4.